The van der Waals surface area contributed by atoms with Crippen LogP contribution in [-0.4, -0.2) is 41.4 Å². The number of hydrogen-bond donors (Lipinski definition) is 1. The topological polar surface area (TPSA) is 94.4 Å². The maximum absolute atomic E-state index is 13.4. The minimum absolute atomic E-state index is 0.139. The molecule has 3 amide bonds. The van der Waals surface area contributed by atoms with E-state index >= 15 is 0 Å². The van der Waals surface area contributed by atoms with Crippen LogP contribution in [0.5, 0.6) is 0 Å². The van der Waals surface area contributed by atoms with Crippen LogP contribution in [0.1, 0.15) is 5.56 Å². The molecule has 0 aliphatic carbocycles. The van der Waals surface area contributed by atoms with Crippen LogP contribution >= 0.6 is 11.6 Å². The van der Waals surface area contributed by atoms with Gasteiger partial charge in [-0.25, -0.2) is 9.29 Å². The summed E-state index contributed by atoms with van der Waals surface area (Å²) in [5.74, 6) is -2.27. The molecule has 2 aromatic carbocycles. The van der Waals surface area contributed by atoms with Crippen LogP contribution in [-0.2, 0) is 14.4 Å². The third kappa shape index (κ3) is 3.44. The Morgan fingerprint density at radius 1 is 1.17 bits per heavy atom. The van der Waals surface area contributed by atoms with Gasteiger partial charge in [0.25, 0.3) is 11.8 Å². The number of fused-ring (bicyclic) bond motifs is 1. The molecule has 2 heterocycles. The first-order valence-corrected chi connectivity index (χ1v) is 9.10. The fraction of sp³-hybridized carbons (Fsp3) is 0.211. The summed E-state index contributed by atoms with van der Waals surface area (Å²) in [4.78, 5) is 38.7. The zero-order valence-electron chi connectivity index (χ0n) is 15.2. The number of carbonyl (C=O) groups is 3. The summed E-state index contributed by atoms with van der Waals surface area (Å²) in [7, 11) is 0. The normalized spacial score (nSPS) is 20.4. The van der Waals surface area contributed by atoms with Gasteiger partial charge in [-0.05, 0) is 37.3 Å². The van der Waals surface area contributed by atoms with Gasteiger partial charge in [-0.1, -0.05) is 34.5 Å². The second-order valence-electron chi connectivity index (χ2n) is 6.72. The second kappa shape index (κ2) is 7.25. The smallest absolute Gasteiger partial charge is 0.263 e. The Bertz CT molecular complexity index is 1040. The highest BCUT2D eigenvalue weighted by atomic mass is 35.5. The summed E-state index contributed by atoms with van der Waals surface area (Å²) in [6.45, 7) is 1.68. The van der Waals surface area contributed by atoms with Gasteiger partial charge in [0, 0.05) is 5.69 Å². The molecule has 2 atom stereocenters. The van der Waals surface area contributed by atoms with Gasteiger partial charge in [0.2, 0.25) is 5.91 Å². The molecular weight excluding hydrogens is 401 g/mol. The van der Waals surface area contributed by atoms with E-state index in [9.17, 15) is 18.8 Å². The molecule has 2 aliphatic rings. The van der Waals surface area contributed by atoms with E-state index in [-0.39, 0.29) is 17.3 Å². The van der Waals surface area contributed by atoms with E-state index in [4.69, 9.17) is 11.6 Å². The maximum Gasteiger partial charge on any atom is 0.263 e. The van der Waals surface area contributed by atoms with Crippen molar-refractivity contribution in [3.63, 3.8) is 0 Å². The average Bonchev–Trinajstić information content (AvgIpc) is 3.20. The first-order valence-electron chi connectivity index (χ1n) is 8.72. The number of nitrogens with one attached hydrogen (secondary N) is 1. The molecule has 0 bridgehead atoms. The molecule has 0 saturated carbocycles. The van der Waals surface area contributed by atoms with Crippen LogP contribution in [0.2, 0.25) is 5.02 Å². The van der Waals surface area contributed by atoms with Crippen molar-refractivity contribution in [3.8, 4) is 0 Å². The van der Waals surface area contributed by atoms with Crippen molar-refractivity contribution in [2.75, 3.05) is 16.8 Å². The molecule has 1 N–H and O–H groups in total. The van der Waals surface area contributed by atoms with Crippen LogP contribution in [0, 0.1) is 12.7 Å². The zero-order chi connectivity index (χ0) is 20.7. The van der Waals surface area contributed by atoms with Gasteiger partial charge in [0.15, 0.2) is 12.1 Å². The van der Waals surface area contributed by atoms with Crippen LogP contribution in [0.15, 0.2) is 52.8 Å². The number of amides is 3. The second-order valence-corrected chi connectivity index (χ2v) is 7.12. The molecule has 10 heteroatoms. The van der Waals surface area contributed by atoms with E-state index in [1.54, 1.807) is 12.1 Å². The lowest BCUT2D eigenvalue weighted by atomic mass is 10.1. The molecule has 4 rings (SSSR count). The Morgan fingerprint density at radius 3 is 2.59 bits per heavy atom. The minimum Gasteiger partial charge on any atom is -0.324 e. The Morgan fingerprint density at radius 2 is 1.90 bits per heavy atom. The average molecular weight is 416 g/mol. The van der Waals surface area contributed by atoms with Gasteiger partial charge in [0.05, 0.1) is 10.7 Å². The molecule has 29 heavy (non-hydrogen) atoms. The third-order valence-corrected chi connectivity index (χ3v) is 4.95. The molecule has 8 nitrogen and oxygen atoms in total. The summed E-state index contributed by atoms with van der Waals surface area (Å²) in [6, 6.07) is 8.67. The monoisotopic (exact) mass is 415 g/mol. The van der Waals surface area contributed by atoms with Gasteiger partial charge < -0.3 is 5.32 Å². The number of nitrogens with zero attached hydrogens (tertiary/aromatic N) is 4. The molecule has 0 radical (unpaired) electrons. The molecule has 0 spiro atoms. The molecule has 148 valence electrons. The van der Waals surface area contributed by atoms with Gasteiger partial charge in [-0.2, -0.15) is 5.11 Å². The summed E-state index contributed by atoms with van der Waals surface area (Å²) < 4.78 is 13.4. The zero-order valence-corrected chi connectivity index (χ0v) is 15.9. The highest BCUT2D eigenvalue weighted by Crippen LogP contribution is 2.33. The van der Waals surface area contributed by atoms with Gasteiger partial charge in [0.1, 0.15) is 12.4 Å². The Balaban J connectivity index is 1.49. The summed E-state index contributed by atoms with van der Waals surface area (Å²) in [5.41, 5.74) is 1.79. The molecule has 0 aromatic heterocycles. The van der Waals surface area contributed by atoms with Crippen molar-refractivity contribution in [2.24, 2.45) is 10.3 Å². The fourth-order valence-electron chi connectivity index (χ4n) is 3.22. The van der Waals surface area contributed by atoms with Crippen LogP contribution in [0.4, 0.5) is 15.8 Å². The number of hydrogen-bond acceptors (Lipinski definition) is 6. The van der Waals surface area contributed by atoms with E-state index in [1.807, 2.05) is 19.1 Å². The van der Waals surface area contributed by atoms with E-state index < -0.39 is 35.6 Å². The number of rotatable bonds is 4. The van der Waals surface area contributed by atoms with E-state index in [0.29, 0.717) is 5.69 Å². The van der Waals surface area contributed by atoms with Crippen LogP contribution in [0.3, 0.4) is 0 Å². The van der Waals surface area contributed by atoms with E-state index in [1.165, 1.54) is 17.1 Å². The summed E-state index contributed by atoms with van der Waals surface area (Å²) in [5, 5.41) is 11.3. The Kier molecular flexibility index (Phi) is 4.75. The first kappa shape index (κ1) is 19.0. The van der Waals surface area contributed by atoms with Crippen LogP contribution < -0.4 is 10.2 Å². The van der Waals surface area contributed by atoms with Gasteiger partial charge in [-0.3, -0.25) is 19.4 Å². The predicted octanol–water partition coefficient (Wildman–Crippen LogP) is 2.72. The largest absolute Gasteiger partial charge is 0.324 e. The predicted molar refractivity (Wildman–Crippen MR) is 103 cm³/mol. The van der Waals surface area contributed by atoms with Crippen LogP contribution in [0.25, 0.3) is 0 Å². The quantitative estimate of drug-likeness (QED) is 0.777. The molecule has 0 unspecified atom stereocenters. The summed E-state index contributed by atoms with van der Waals surface area (Å²) in [6.07, 6.45) is 0. The number of imide groups is 1. The molecule has 1 fully saturated rings. The van der Waals surface area contributed by atoms with Crippen molar-refractivity contribution in [1.29, 1.82) is 0 Å². The highest BCUT2D eigenvalue weighted by molar-refractivity contribution is 6.32. The highest BCUT2D eigenvalue weighted by Gasteiger charge is 2.55. The van der Waals surface area contributed by atoms with Gasteiger partial charge in [-0.15, -0.1) is 0 Å². The third-order valence-electron chi connectivity index (χ3n) is 4.66. The van der Waals surface area contributed by atoms with E-state index in [0.717, 1.165) is 16.5 Å². The number of carbonyl (C=O) groups excluding carboxylic acids is 3. The number of aryl methyl sites for hydroxylation is 1. The Hall–Kier alpha value is -3.33. The van der Waals surface area contributed by atoms with Gasteiger partial charge >= 0.3 is 0 Å². The standard InChI is InChI=1S/C19H15ClFN5O3/c1-10-2-4-11(5-3-10)22-15(27)9-25-17-16(23-24-25)18(28)26(19(17)29)12-6-7-14(21)13(20)8-12/h2-8,16-17H,9H2,1H3,(H,22,27)/t16-,17+/m0/s1. The fourth-order valence-corrected chi connectivity index (χ4v) is 3.39. The lowest BCUT2D eigenvalue weighted by molar-refractivity contribution is -0.123. The van der Waals surface area contributed by atoms with Crippen molar-refractivity contribution in [3.05, 3.63) is 58.9 Å². The van der Waals surface area contributed by atoms with Crippen molar-refractivity contribution in [2.45, 2.75) is 19.0 Å². The SMILES string of the molecule is Cc1ccc(NC(=O)CN2N=N[C@@H]3C(=O)N(c4ccc(F)c(Cl)c4)C(=O)[C@@H]32)cc1. The maximum atomic E-state index is 13.4. The van der Waals surface area contributed by atoms with Crippen molar-refractivity contribution in [1.82, 2.24) is 5.01 Å². The summed E-state index contributed by atoms with van der Waals surface area (Å²) >= 11 is 5.76. The number of anilines is 2. The first-order chi connectivity index (χ1) is 13.8. The molecule has 1 saturated heterocycles. The van der Waals surface area contributed by atoms with E-state index in [2.05, 4.69) is 15.7 Å². The lowest BCUT2D eigenvalue weighted by Gasteiger charge is -2.20. The molecule has 2 aromatic rings. The lowest BCUT2D eigenvalue weighted by Crippen LogP contribution is -2.43. The minimum atomic E-state index is -1.06. The van der Waals surface area contributed by atoms with Crippen molar-refractivity contribution >= 4 is 40.7 Å². The molecule has 2 aliphatic heterocycles. The number of benzene rings is 2. The Labute approximate surface area is 169 Å². The molecular formula is C19H15ClFN5O3. The number of halogens is 2. The van der Waals surface area contributed by atoms with Crippen molar-refractivity contribution < 1.29 is 18.8 Å².